The Kier molecular flexibility index (Phi) is 4.97. The van der Waals surface area contributed by atoms with Crippen molar-refractivity contribution in [1.82, 2.24) is 9.78 Å². The zero-order valence-electron chi connectivity index (χ0n) is 15.0. The summed E-state index contributed by atoms with van der Waals surface area (Å²) in [6.45, 7) is 0.614. The maximum atomic E-state index is 12.9. The van der Waals surface area contributed by atoms with E-state index >= 15 is 0 Å². The minimum Gasteiger partial charge on any atom is -0.306 e. The van der Waals surface area contributed by atoms with Gasteiger partial charge in [0.05, 0.1) is 6.54 Å². The lowest BCUT2D eigenvalue weighted by Crippen LogP contribution is -2.09. The highest BCUT2D eigenvalue weighted by Crippen LogP contribution is 2.19. The Hall–Kier alpha value is -3.73. The second-order valence-corrected chi connectivity index (χ2v) is 6.41. The third-order valence-electron chi connectivity index (χ3n) is 4.40. The summed E-state index contributed by atoms with van der Waals surface area (Å²) >= 11 is 0. The summed E-state index contributed by atoms with van der Waals surface area (Å²) in [6.07, 6.45) is 4.86. The van der Waals surface area contributed by atoms with Gasteiger partial charge in [-0.25, -0.2) is 4.39 Å². The highest BCUT2D eigenvalue weighted by Gasteiger charge is 2.05. The highest BCUT2D eigenvalue weighted by atomic mass is 19.1. The quantitative estimate of drug-likeness (QED) is 0.509. The Morgan fingerprint density at radius 2 is 1.79 bits per heavy atom. The molecule has 1 amide bonds. The van der Waals surface area contributed by atoms with Crippen molar-refractivity contribution in [3.8, 4) is 0 Å². The van der Waals surface area contributed by atoms with Crippen LogP contribution in [0.4, 0.5) is 10.2 Å². The molecule has 0 radical (unpaired) electrons. The van der Waals surface area contributed by atoms with Gasteiger partial charge in [-0.1, -0.05) is 54.6 Å². The van der Waals surface area contributed by atoms with Gasteiger partial charge in [-0.2, -0.15) is 5.10 Å². The van der Waals surface area contributed by atoms with E-state index in [9.17, 15) is 9.18 Å². The molecular formula is C23H18FN3O. The highest BCUT2D eigenvalue weighted by molar-refractivity contribution is 6.01. The lowest BCUT2D eigenvalue weighted by Gasteiger charge is -2.06. The van der Waals surface area contributed by atoms with Crippen molar-refractivity contribution in [2.75, 3.05) is 5.32 Å². The van der Waals surface area contributed by atoms with Crippen LogP contribution in [-0.2, 0) is 11.3 Å². The van der Waals surface area contributed by atoms with Gasteiger partial charge in [-0.3, -0.25) is 9.48 Å². The second kappa shape index (κ2) is 7.88. The Morgan fingerprint density at radius 1 is 1.00 bits per heavy atom. The third-order valence-corrected chi connectivity index (χ3v) is 4.40. The first-order valence-electron chi connectivity index (χ1n) is 8.92. The van der Waals surface area contributed by atoms with E-state index < -0.39 is 0 Å². The van der Waals surface area contributed by atoms with Gasteiger partial charge in [-0.15, -0.1) is 0 Å². The molecule has 0 atom stereocenters. The van der Waals surface area contributed by atoms with Crippen molar-refractivity contribution < 1.29 is 9.18 Å². The molecule has 0 saturated heterocycles. The van der Waals surface area contributed by atoms with Gasteiger partial charge >= 0.3 is 0 Å². The van der Waals surface area contributed by atoms with Gasteiger partial charge in [0.25, 0.3) is 0 Å². The van der Waals surface area contributed by atoms with Crippen molar-refractivity contribution in [3.05, 3.63) is 102 Å². The van der Waals surface area contributed by atoms with E-state index in [1.165, 1.54) is 29.0 Å². The number of hydrogen-bond acceptors (Lipinski definition) is 2. The van der Waals surface area contributed by atoms with Gasteiger partial charge in [-0.05, 0) is 40.1 Å². The average molecular weight is 371 g/mol. The van der Waals surface area contributed by atoms with Crippen molar-refractivity contribution in [2.45, 2.75) is 6.54 Å². The smallest absolute Gasteiger partial charge is 0.249 e. The predicted octanol–water partition coefficient (Wildman–Crippen LogP) is 4.88. The molecule has 0 aliphatic carbocycles. The molecule has 1 aromatic heterocycles. The maximum absolute atomic E-state index is 12.9. The molecule has 0 bridgehead atoms. The summed E-state index contributed by atoms with van der Waals surface area (Å²) in [5.74, 6) is -0.118. The zero-order valence-corrected chi connectivity index (χ0v) is 15.0. The lowest BCUT2D eigenvalue weighted by molar-refractivity contribution is -0.111. The lowest BCUT2D eigenvalue weighted by atomic mass is 10.0. The van der Waals surface area contributed by atoms with E-state index in [4.69, 9.17) is 0 Å². The standard InChI is InChI=1S/C23H18FN3O/c24-20-11-8-17(9-12-20)10-13-23(28)25-22-14-15-27(26-22)16-19-6-3-5-18-4-1-2-7-21(18)19/h1-15H,16H2,(H,25,26,28)/b13-10+. The fraction of sp³-hybridized carbons (Fsp3) is 0.0435. The van der Waals surface area contributed by atoms with Crippen LogP contribution in [0, 0.1) is 5.82 Å². The van der Waals surface area contributed by atoms with Crippen LogP contribution in [0.15, 0.2) is 85.1 Å². The van der Waals surface area contributed by atoms with Crippen LogP contribution in [0.25, 0.3) is 16.8 Å². The van der Waals surface area contributed by atoms with E-state index in [2.05, 4.69) is 34.7 Å². The molecule has 138 valence electrons. The molecular weight excluding hydrogens is 353 g/mol. The van der Waals surface area contributed by atoms with Gasteiger partial charge in [0.1, 0.15) is 5.82 Å². The minimum absolute atomic E-state index is 0.292. The van der Waals surface area contributed by atoms with Crippen LogP contribution in [0.2, 0.25) is 0 Å². The number of fused-ring (bicyclic) bond motifs is 1. The van der Waals surface area contributed by atoms with E-state index in [-0.39, 0.29) is 11.7 Å². The Bertz CT molecular complexity index is 1140. The van der Waals surface area contributed by atoms with Crippen LogP contribution in [-0.4, -0.2) is 15.7 Å². The summed E-state index contributed by atoms with van der Waals surface area (Å²) in [5.41, 5.74) is 1.91. The molecule has 0 saturated carbocycles. The molecule has 0 aliphatic rings. The normalized spacial score (nSPS) is 11.2. The summed E-state index contributed by atoms with van der Waals surface area (Å²) in [5, 5.41) is 9.53. The van der Waals surface area contributed by atoms with Crippen LogP contribution in [0.1, 0.15) is 11.1 Å². The van der Waals surface area contributed by atoms with Crippen LogP contribution >= 0.6 is 0 Å². The molecule has 0 spiro atoms. The van der Waals surface area contributed by atoms with E-state index in [0.29, 0.717) is 12.4 Å². The topological polar surface area (TPSA) is 46.9 Å². The third kappa shape index (κ3) is 4.15. The number of anilines is 1. The van der Waals surface area contributed by atoms with E-state index in [0.717, 1.165) is 11.1 Å². The first-order chi connectivity index (χ1) is 13.7. The van der Waals surface area contributed by atoms with Crippen molar-refractivity contribution in [2.24, 2.45) is 0 Å². The number of aromatic nitrogens is 2. The first-order valence-corrected chi connectivity index (χ1v) is 8.92. The minimum atomic E-state index is -0.307. The molecule has 4 nitrogen and oxygen atoms in total. The number of carbonyl (C=O) groups excluding carboxylic acids is 1. The monoisotopic (exact) mass is 371 g/mol. The van der Waals surface area contributed by atoms with Crippen molar-refractivity contribution in [1.29, 1.82) is 0 Å². The summed E-state index contributed by atoms with van der Waals surface area (Å²) in [7, 11) is 0. The number of halogens is 1. The molecule has 0 fully saturated rings. The second-order valence-electron chi connectivity index (χ2n) is 6.41. The maximum Gasteiger partial charge on any atom is 0.249 e. The van der Waals surface area contributed by atoms with Crippen molar-refractivity contribution in [3.63, 3.8) is 0 Å². The van der Waals surface area contributed by atoms with Gasteiger partial charge in [0, 0.05) is 18.3 Å². The van der Waals surface area contributed by atoms with Gasteiger partial charge in [0.2, 0.25) is 5.91 Å². The number of nitrogens with one attached hydrogen (secondary N) is 1. The van der Waals surface area contributed by atoms with Crippen LogP contribution in [0.5, 0.6) is 0 Å². The van der Waals surface area contributed by atoms with E-state index in [1.807, 2.05) is 24.4 Å². The molecule has 4 rings (SSSR count). The number of rotatable bonds is 5. The average Bonchev–Trinajstić information content (AvgIpc) is 3.14. The SMILES string of the molecule is O=C(/C=C/c1ccc(F)cc1)Nc1ccn(Cc2cccc3ccccc23)n1. The van der Waals surface area contributed by atoms with E-state index in [1.54, 1.807) is 29.0 Å². The summed E-state index contributed by atoms with van der Waals surface area (Å²) in [4.78, 5) is 12.1. The number of hydrogen-bond donors (Lipinski definition) is 1. The van der Waals surface area contributed by atoms with Crippen LogP contribution < -0.4 is 5.32 Å². The largest absolute Gasteiger partial charge is 0.306 e. The molecule has 0 aliphatic heterocycles. The number of amides is 1. The summed E-state index contributed by atoms with van der Waals surface area (Å²) in [6, 6.07) is 22.1. The Labute approximate surface area is 161 Å². The fourth-order valence-electron chi connectivity index (χ4n) is 3.04. The van der Waals surface area contributed by atoms with Gasteiger partial charge in [0.15, 0.2) is 5.82 Å². The molecule has 4 aromatic rings. The Morgan fingerprint density at radius 3 is 2.64 bits per heavy atom. The Balaban J connectivity index is 1.42. The molecule has 1 heterocycles. The zero-order chi connectivity index (χ0) is 19.3. The number of carbonyl (C=O) groups is 1. The van der Waals surface area contributed by atoms with Crippen LogP contribution in [0.3, 0.4) is 0 Å². The fourth-order valence-corrected chi connectivity index (χ4v) is 3.04. The molecule has 0 unspecified atom stereocenters. The molecule has 3 aromatic carbocycles. The predicted molar refractivity (Wildman–Crippen MR) is 109 cm³/mol. The summed E-state index contributed by atoms with van der Waals surface area (Å²) < 4.78 is 14.7. The van der Waals surface area contributed by atoms with Crippen molar-refractivity contribution >= 4 is 28.6 Å². The molecule has 28 heavy (non-hydrogen) atoms. The number of benzene rings is 3. The molecule has 5 heteroatoms. The first kappa shape index (κ1) is 17.7. The molecule has 1 N–H and O–H groups in total. The number of nitrogens with zero attached hydrogens (tertiary/aromatic N) is 2. The van der Waals surface area contributed by atoms with Gasteiger partial charge < -0.3 is 5.32 Å².